The minimum atomic E-state index is -0.536. The minimum absolute atomic E-state index is 0.125. The van der Waals surface area contributed by atoms with Crippen LogP contribution in [0.25, 0.3) is 0 Å². The van der Waals surface area contributed by atoms with Gasteiger partial charge < -0.3 is 0 Å². The maximum atomic E-state index is 12.2. The molecule has 2 amide bonds. The molecule has 1 unspecified atom stereocenters. The molecular weight excluding hydrogens is 290 g/mol. The Morgan fingerprint density at radius 2 is 1.78 bits per heavy atom. The van der Waals surface area contributed by atoms with E-state index in [0.717, 1.165) is 12.0 Å². The second kappa shape index (κ2) is 7.63. The van der Waals surface area contributed by atoms with Crippen LogP contribution < -0.4 is 5.32 Å². The van der Waals surface area contributed by atoms with Crippen LogP contribution in [0.2, 0.25) is 0 Å². The predicted molar refractivity (Wildman–Crippen MR) is 87.9 cm³/mol. The Morgan fingerprint density at radius 3 is 2.35 bits per heavy atom. The van der Waals surface area contributed by atoms with E-state index in [1.54, 1.807) is 6.92 Å². The molecule has 1 N–H and O–H groups in total. The van der Waals surface area contributed by atoms with Crippen molar-refractivity contribution in [1.82, 2.24) is 15.3 Å². The molecule has 23 heavy (non-hydrogen) atoms. The maximum Gasteiger partial charge on any atom is 0.278 e. The highest BCUT2D eigenvalue weighted by molar-refractivity contribution is 6.05. The van der Waals surface area contributed by atoms with E-state index < -0.39 is 11.8 Å². The van der Waals surface area contributed by atoms with E-state index in [-0.39, 0.29) is 11.6 Å². The molecule has 5 nitrogen and oxygen atoms in total. The zero-order chi connectivity index (χ0) is 16.8. The number of rotatable bonds is 5. The Balaban J connectivity index is 2.00. The first-order chi connectivity index (χ1) is 11.0. The van der Waals surface area contributed by atoms with Gasteiger partial charge in [0.25, 0.3) is 5.91 Å². The second-order valence-electron chi connectivity index (χ2n) is 5.97. The fraction of sp³-hybridized carbons (Fsp3) is 0.333. The van der Waals surface area contributed by atoms with Gasteiger partial charge in [-0.05, 0) is 30.4 Å². The minimum Gasteiger partial charge on any atom is -0.290 e. The number of benzene rings is 1. The van der Waals surface area contributed by atoms with Gasteiger partial charge in [-0.25, -0.2) is 4.98 Å². The van der Waals surface area contributed by atoms with Crippen LogP contribution in [-0.2, 0) is 11.2 Å². The lowest BCUT2D eigenvalue weighted by molar-refractivity contribution is -0.121. The van der Waals surface area contributed by atoms with Crippen LogP contribution >= 0.6 is 0 Å². The van der Waals surface area contributed by atoms with Gasteiger partial charge in [-0.15, -0.1) is 0 Å². The summed E-state index contributed by atoms with van der Waals surface area (Å²) in [5.74, 6) is -0.710. The molecule has 1 aromatic carbocycles. The number of carbonyl (C=O) groups is 2. The Kier molecular flexibility index (Phi) is 5.57. The van der Waals surface area contributed by atoms with E-state index >= 15 is 0 Å². The summed E-state index contributed by atoms with van der Waals surface area (Å²) in [4.78, 5) is 31.8. The molecule has 0 spiro atoms. The third-order valence-corrected chi connectivity index (χ3v) is 3.55. The summed E-state index contributed by atoms with van der Waals surface area (Å²) in [6.07, 6.45) is 5.22. The first kappa shape index (κ1) is 16.8. The maximum absolute atomic E-state index is 12.2. The predicted octanol–water partition coefficient (Wildman–Crippen LogP) is 2.74. The molecule has 0 fully saturated rings. The molecule has 5 heteroatoms. The molecule has 0 aliphatic heterocycles. The van der Waals surface area contributed by atoms with Gasteiger partial charge in [0.2, 0.25) is 5.91 Å². The molecule has 0 aliphatic rings. The highest BCUT2D eigenvalue weighted by Gasteiger charge is 2.19. The number of amides is 2. The summed E-state index contributed by atoms with van der Waals surface area (Å²) in [6, 6.07) is 7.94. The van der Waals surface area contributed by atoms with Crippen LogP contribution in [0, 0.1) is 5.92 Å². The summed E-state index contributed by atoms with van der Waals surface area (Å²) in [5.41, 5.74) is 2.24. The van der Waals surface area contributed by atoms with Crippen molar-refractivity contribution in [3.05, 3.63) is 59.7 Å². The van der Waals surface area contributed by atoms with Gasteiger partial charge in [-0.1, -0.05) is 38.1 Å². The highest BCUT2D eigenvalue weighted by atomic mass is 16.2. The van der Waals surface area contributed by atoms with Gasteiger partial charge in [-0.2, -0.15) is 0 Å². The Morgan fingerprint density at radius 1 is 1.09 bits per heavy atom. The lowest BCUT2D eigenvalue weighted by atomic mass is 9.96. The Hall–Kier alpha value is -2.56. The molecule has 1 heterocycles. The van der Waals surface area contributed by atoms with E-state index in [9.17, 15) is 9.59 Å². The van der Waals surface area contributed by atoms with Crippen molar-refractivity contribution in [3.63, 3.8) is 0 Å². The molecule has 0 aliphatic carbocycles. The molecular formula is C18H21N3O2. The fourth-order valence-electron chi connectivity index (χ4n) is 2.27. The van der Waals surface area contributed by atoms with Crippen molar-refractivity contribution in [2.75, 3.05) is 0 Å². The quantitative estimate of drug-likeness (QED) is 0.921. The molecule has 1 atom stereocenters. The van der Waals surface area contributed by atoms with Crippen LogP contribution in [-0.4, -0.2) is 21.8 Å². The molecule has 120 valence electrons. The van der Waals surface area contributed by atoms with Crippen LogP contribution in [0.4, 0.5) is 0 Å². The molecule has 2 aromatic rings. The third kappa shape index (κ3) is 4.71. The van der Waals surface area contributed by atoms with Crippen molar-refractivity contribution < 1.29 is 9.59 Å². The van der Waals surface area contributed by atoms with Crippen molar-refractivity contribution in [2.24, 2.45) is 5.92 Å². The first-order valence-corrected chi connectivity index (χ1v) is 7.67. The topological polar surface area (TPSA) is 72.0 Å². The number of carbonyl (C=O) groups excluding carboxylic acids is 2. The molecule has 0 saturated heterocycles. The number of imide groups is 1. The Labute approximate surface area is 136 Å². The normalized spacial score (nSPS) is 12.0. The average molecular weight is 311 g/mol. The van der Waals surface area contributed by atoms with E-state index in [4.69, 9.17) is 0 Å². The smallest absolute Gasteiger partial charge is 0.278 e. The van der Waals surface area contributed by atoms with Crippen LogP contribution in [0.1, 0.15) is 48.3 Å². The fourth-order valence-corrected chi connectivity index (χ4v) is 2.27. The number of hydrogen-bond acceptors (Lipinski definition) is 4. The van der Waals surface area contributed by atoms with E-state index in [1.807, 2.05) is 24.3 Å². The zero-order valence-electron chi connectivity index (χ0n) is 13.6. The number of nitrogens with one attached hydrogen (secondary N) is 1. The van der Waals surface area contributed by atoms with Crippen LogP contribution in [0.15, 0.2) is 42.9 Å². The summed E-state index contributed by atoms with van der Waals surface area (Å²) in [6.45, 7) is 6.11. The third-order valence-electron chi connectivity index (χ3n) is 3.55. The van der Waals surface area contributed by atoms with E-state index in [1.165, 1.54) is 24.2 Å². The van der Waals surface area contributed by atoms with Crippen molar-refractivity contribution in [2.45, 2.75) is 33.1 Å². The largest absolute Gasteiger partial charge is 0.290 e. The number of nitrogens with zero attached hydrogens (tertiary/aromatic N) is 2. The average Bonchev–Trinajstić information content (AvgIpc) is 2.55. The first-order valence-electron chi connectivity index (χ1n) is 7.67. The molecule has 1 aromatic heterocycles. The second-order valence-corrected chi connectivity index (χ2v) is 5.97. The number of aromatic nitrogens is 2. The lowest BCUT2D eigenvalue weighted by Gasteiger charge is -2.13. The SMILES string of the molecule is CC(C)Cc1ccc(C(C)C(=O)NC(=O)c2cnccn2)cc1. The lowest BCUT2D eigenvalue weighted by Crippen LogP contribution is -2.34. The van der Waals surface area contributed by atoms with Crippen LogP contribution in [0.3, 0.4) is 0 Å². The van der Waals surface area contributed by atoms with Crippen molar-refractivity contribution in [3.8, 4) is 0 Å². The van der Waals surface area contributed by atoms with Gasteiger partial charge in [0.15, 0.2) is 0 Å². The molecule has 2 rings (SSSR count). The van der Waals surface area contributed by atoms with Crippen molar-refractivity contribution in [1.29, 1.82) is 0 Å². The van der Waals surface area contributed by atoms with Gasteiger partial charge >= 0.3 is 0 Å². The standard InChI is InChI=1S/C18H21N3O2/c1-12(2)10-14-4-6-15(7-5-14)13(3)17(22)21-18(23)16-11-19-8-9-20-16/h4-9,11-13H,10H2,1-3H3,(H,21,22,23). The number of hydrogen-bond donors (Lipinski definition) is 1. The highest BCUT2D eigenvalue weighted by Crippen LogP contribution is 2.17. The summed E-state index contributed by atoms with van der Waals surface area (Å²) >= 11 is 0. The Bertz CT molecular complexity index is 666. The summed E-state index contributed by atoms with van der Waals surface area (Å²) < 4.78 is 0. The molecule has 0 bridgehead atoms. The van der Waals surface area contributed by atoms with Crippen LogP contribution in [0.5, 0.6) is 0 Å². The molecule has 0 radical (unpaired) electrons. The van der Waals surface area contributed by atoms with Crippen molar-refractivity contribution >= 4 is 11.8 Å². The van der Waals surface area contributed by atoms with Gasteiger partial charge in [0.05, 0.1) is 12.1 Å². The zero-order valence-corrected chi connectivity index (χ0v) is 13.6. The van der Waals surface area contributed by atoms with Gasteiger partial charge in [-0.3, -0.25) is 19.9 Å². The van der Waals surface area contributed by atoms with E-state index in [2.05, 4.69) is 29.1 Å². The summed E-state index contributed by atoms with van der Waals surface area (Å²) in [5, 5.41) is 2.36. The van der Waals surface area contributed by atoms with Gasteiger partial charge in [0.1, 0.15) is 5.69 Å². The molecule has 0 saturated carbocycles. The monoisotopic (exact) mass is 311 g/mol. The van der Waals surface area contributed by atoms with E-state index in [0.29, 0.717) is 5.92 Å². The summed E-state index contributed by atoms with van der Waals surface area (Å²) in [7, 11) is 0. The van der Waals surface area contributed by atoms with Gasteiger partial charge in [0, 0.05) is 12.4 Å².